The number of aliphatic hydroxyl groups excluding tert-OH is 1. The lowest BCUT2D eigenvalue weighted by Gasteiger charge is -2.03. The van der Waals surface area contributed by atoms with Crippen LogP contribution in [0.2, 0.25) is 0 Å². The van der Waals surface area contributed by atoms with Gasteiger partial charge in [0, 0.05) is 0 Å². The molecule has 3 heteroatoms. The number of benzene rings is 1. The van der Waals surface area contributed by atoms with Gasteiger partial charge in [-0.05, 0) is 5.56 Å². The van der Waals surface area contributed by atoms with Crippen LogP contribution < -0.4 is 0 Å². The minimum atomic E-state index is -1.14. The van der Waals surface area contributed by atoms with Gasteiger partial charge in [0.2, 0.25) is 1.43 Å². The second kappa shape index (κ2) is 3.16. The number of hydrogen-bond acceptors (Lipinski definition) is 3. The molecule has 1 rings (SSSR count). The summed E-state index contributed by atoms with van der Waals surface area (Å²) in [5, 5.41) is 7.87. The van der Waals surface area contributed by atoms with Crippen LogP contribution in [0, 0.1) is 0 Å². The first kappa shape index (κ1) is 5.32. The summed E-state index contributed by atoms with van der Waals surface area (Å²) in [5.74, 6) is -0.902. The quantitative estimate of drug-likeness (QED) is 0.677. The minimum absolute atomic E-state index is 0.495. The van der Waals surface area contributed by atoms with E-state index in [1.165, 1.54) is 0 Å². The molecule has 0 aromatic heterocycles. The molecule has 0 bridgehead atoms. The van der Waals surface area contributed by atoms with E-state index in [9.17, 15) is 4.79 Å². The Morgan fingerprint density at radius 2 is 2.18 bits per heavy atom. The van der Waals surface area contributed by atoms with Gasteiger partial charge in [0.15, 0.2) is 6.10 Å². The molecule has 0 heterocycles. The summed E-state index contributed by atoms with van der Waals surface area (Å²) in [4.78, 5) is 10.9. The second-order valence-corrected chi connectivity index (χ2v) is 2.11. The van der Waals surface area contributed by atoms with Crippen molar-refractivity contribution in [3.8, 4) is 0 Å². The van der Waals surface area contributed by atoms with E-state index in [0.717, 1.165) is 0 Å². The third-order valence-electron chi connectivity index (χ3n) is 1.32. The smallest absolute Gasteiger partial charge is 0.337 e. The third-order valence-corrected chi connectivity index (χ3v) is 1.32. The fourth-order valence-electron chi connectivity index (χ4n) is 0.764. The number of carboxylic acids is 1. The van der Waals surface area contributed by atoms with E-state index < -0.39 is 12.1 Å². The van der Waals surface area contributed by atoms with Gasteiger partial charge in [-0.15, -0.1) is 0 Å². The van der Waals surface area contributed by atoms with Gasteiger partial charge in [0.1, 0.15) is 0 Å². The molecule has 3 nitrogen and oxygen atoms in total. The Hall–Kier alpha value is -1.35. The summed E-state index contributed by atoms with van der Waals surface area (Å²) >= 11 is 0. The molecule has 1 atom stereocenters. The van der Waals surface area contributed by atoms with Crippen molar-refractivity contribution in [2.24, 2.45) is 0 Å². The van der Waals surface area contributed by atoms with Crippen molar-refractivity contribution in [3.63, 3.8) is 0 Å². The van der Waals surface area contributed by atoms with Crippen LogP contribution in [0.3, 0.4) is 0 Å². The summed E-state index contributed by atoms with van der Waals surface area (Å²) in [6, 6.07) is 8.43. The number of carbonyl (C=O) groups is 1. The monoisotopic (exact) mass is 154 g/mol. The van der Waals surface area contributed by atoms with Gasteiger partial charge in [-0.3, -0.25) is 0 Å². The zero-order chi connectivity index (χ0) is 9.68. The molecule has 1 aromatic rings. The highest BCUT2D eigenvalue weighted by Crippen LogP contribution is 2.10. The molecule has 0 amide bonds. The van der Waals surface area contributed by atoms with Crippen LogP contribution in [-0.4, -0.2) is 17.6 Å². The molecule has 1 unspecified atom stereocenters. The predicted octanol–water partition coefficient (Wildman–Crippen LogP) is 0.805. The first-order chi connectivity index (χ1) is 6.29. The highest BCUT2D eigenvalue weighted by molar-refractivity contribution is 5.73. The number of rotatable bonds is 3. The fraction of sp³-hybridized carbons (Fsp3) is 0.125. The summed E-state index contributed by atoms with van der Waals surface area (Å²) in [5.41, 5.74) is 0.495. The first-order valence-corrected chi connectivity index (χ1v) is 3.13. The molecule has 0 radical (unpaired) electrons. The fourth-order valence-corrected chi connectivity index (χ4v) is 0.764. The van der Waals surface area contributed by atoms with Crippen molar-refractivity contribution in [1.82, 2.24) is 0 Å². The maximum Gasteiger partial charge on any atom is 0.337 e. The molecular weight excluding hydrogens is 144 g/mol. The number of aliphatic carboxylic acids is 1. The molecule has 0 spiro atoms. The summed E-state index contributed by atoms with van der Waals surface area (Å²) < 4.78 is 13.0. The van der Waals surface area contributed by atoms with E-state index in [2.05, 4.69) is 10.2 Å². The van der Waals surface area contributed by atoms with Gasteiger partial charge in [-0.1, -0.05) is 30.3 Å². The van der Waals surface area contributed by atoms with Crippen LogP contribution in [0.5, 0.6) is 0 Å². The van der Waals surface area contributed by atoms with Crippen LogP contribution in [0.25, 0.3) is 1.43 Å². The molecule has 0 saturated carbocycles. The maximum absolute atomic E-state index is 10.9. The molecular formula is C8H8O3. The number of hydrogen-bond donors (Lipinski definition) is 2. The van der Waals surface area contributed by atoms with Crippen molar-refractivity contribution in [1.29, 1.82) is 2.86 Å². The Labute approximate surface area is 66.9 Å². The molecule has 0 aliphatic heterocycles. The molecule has 0 aliphatic carbocycles. The van der Waals surface area contributed by atoms with Crippen LogP contribution in [-0.2, 0) is 4.79 Å². The molecule has 1 aromatic carbocycles. The lowest BCUT2D eigenvalue weighted by molar-refractivity contribution is -0.146. The van der Waals surface area contributed by atoms with Crippen LogP contribution in [0.4, 0.5) is 0 Å². The lowest BCUT2D eigenvalue weighted by atomic mass is 10.1. The molecule has 11 heavy (non-hydrogen) atoms. The van der Waals surface area contributed by atoms with Gasteiger partial charge < -0.3 is 10.2 Å². The van der Waals surface area contributed by atoms with E-state index in [0.29, 0.717) is 5.56 Å². The topological polar surface area (TPSA) is 57.5 Å². The Morgan fingerprint density at radius 1 is 1.45 bits per heavy atom. The number of carboxylic acid groups (broad SMARTS) is 1. The molecule has 0 fully saturated rings. The van der Waals surface area contributed by atoms with E-state index >= 15 is 0 Å². The average Bonchev–Trinajstić information content (AvgIpc) is 2.20. The second-order valence-electron chi connectivity index (χ2n) is 2.11. The highest BCUT2D eigenvalue weighted by Gasteiger charge is 2.14. The van der Waals surface area contributed by atoms with E-state index in [1.54, 1.807) is 30.3 Å². The van der Waals surface area contributed by atoms with Crippen molar-refractivity contribution in [2.75, 3.05) is 0 Å². The summed E-state index contributed by atoms with van der Waals surface area (Å²) in [7, 11) is 0. The normalized spacial score (nSPS) is 14.5. The SMILES string of the molecule is [2H]OC(=O)C(O[2H])c1ccccc1. The largest absolute Gasteiger partial charge is 0.479 e. The van der Waals surface area contributed by atoms with Crippen molar-refractivity contribution in [3.05, 3.63) is 35.9 Å². The van der Waals surface area contributed by atoms with Crippen LogP contribution in [0.15, 0.2) is 30.3 Å². The molecule has 58 valence electrons. The van der Waals surface area contributed by atoms with E-state index in [1.807, 2.05) is 0 Å². The zero-order valence-corrected chi connectivity index (χ0v) is 5.69. The van der Waals surface area contributed by atoms with Gasteiger partial charge >= 0.3 is 5.97 Å². The first-order valence-electron chi connectivity index (χ1n) is 3.95. The highest BCUT2D eigenvalue weighted by atomic mass is 16.4. The molecule has 2 N–H and O–H groups in total. The van der Waals surface area contributed by atoms with Crippen LogP contribution >= 0.6 is 0 Å². The van der Waals surface area contributed by atoms with Gasteiger partial charge in [0.05, 0.1) is 0 Å². The molecule has 0 aliphatic rings. The summed E-state index contributed by atoms with van der Waals surface area (Å²) in [6.45, 7) is 0. The van der Waals surface area contributed by atoms with Gasteiger partial charge in [-0.25, -0.2) is 4.79 Å². The van der Waals surface area contributed by atoms with Crippen LogP contribution in [0.1, 0.15) is 11.7 Å². The summed E-state index contributed by atoms with van der Waals surface area (Å²) in [6.07, 6.45) is -1.14. The zero-order valence-electron chi connectivity index (χ0n) is 7.69. The third kappa shape index (κ3) is 1.78. The standard InChI is InChI=1S/C8H8O3/c9-7(8(10)11)6-4-2-1-3-5-6/h1-5,7,9H,(H,10,11)/i9D/hD. The van der Waals surface area contributed by atoms with E-state index in [4.69, 9.17) is 2.86 Å². The lowest BCUT2D eigenvalue weighted by Crippen LogP contribution is -2.09. The van der Waals surface area contributed by atoms with Gasteiger partial charge in [-0.2, -0.15) is 0 Å². The molecule has 0 saturated heterocycles. The Kier molecular flexibility index (Phi) is 1.53. The van der Waals surface area contributed by atoms with Gasteiger partial charge in [0.25, 0.3) is 1.43 Å². The Bertz CT molecular complexity index is 276. The van der Waals surface area contributed by atoms with Crippen molar-refractivity contribution < 1.29 is 15.0 Å². The maximum atomic E-state index is 10.9. The van der Waals surface area contributed by atoms with Crippen molar-refractivity contribution in [2.45, 2.75) is 6.10 Å². The Balaban J connectivity index is 2.85. The van der Waals surface area contributed by atoms with Crippen molar-refractivity contribution >= 4 is 5.97 Å². The van der Waals surface area contributed by atoms with E-state index in [-0.39, 0.29) is 0 Å². The predicted molar refractivity (Wildman–Crippen MR) is 39.0 cm³/mol. The average molecular weight is 154 g/mol. The number of aliphatic hydroxyl groups is 1. The Morgan fingerprint density at radius 3 is 2.73 bits per heavy atom. The minimum Gasteiger partial charge on any atom is -0.479 e.